The highest BCUT2D eigenvalue weighted by Gasteiger charge is 2.39. The lowest BCUT2D eigenvalue weighted by molar-refractivity contribution is -0.385. The van der Waals surface area contributed by atoms with E-state index < -0.39 is 16.4 Å². The number of amides is 1. The summed E-state index contributed by atoms with van der Waals surface area (Å²) in [5.41, 5.74) is -0.804. The first-order chi connectivity index (χ1) is 12.9. The summed E-state index contributed by atoms with van der Waals surface area (Å²) in [6.07, 6.45) is 5.38. The maximum absolute atomic E-state index is 12.9. The molecule has 1 aliphatic rings. The molecule has 1 aromatic heterocycles. The van der Waals surface area contributed by atoms with Gasteiger partial charge in [0.2, 0.25) is 5.89 Å². The first-order valence-electron chi connectivity index (χ1n) is 8.91. The maximum atomic E-state index is 12.9. The van der Waals surface area contributed by atoms with Crippen LogP contribution >= 0.6 is 0 Å². The smallest absolute Gasteiger partial charge is 0.311 e. The molecule has 1 fully saturated rings. The molecule has 0 saturated heterocycles. The monoisotopic (exact) mass is 374 g/mol. The minimum atomic E-state index is -0.736. The molecule has 0 bridgehead atoms. The van der Waals surface area contributed by atoms with Crippen molar-refractivity contribution in [3.8, 4) is 5.75 Å². The number of hydrogen-bond donors (Lipinski definition) is 1. The van der Waals surface area contributed by atoms with E-state index in [2.05, 4.69) is 15.5 Å². The van der Waals surface area contributed by atoms with Crippen molar-refractivity contribution in [3.05, 3.63) is 45.6 Å². The Morgan fingerprint density at radius 3 is 2.56 bits per heavy atom. The zero-order valence-corrected chi connectivity index (χ0v) is 15.4. The number of nitro groups is 1. The minimum absolute atomic E-state index is 0.106. The van der Waals surface area contributed by atoms with E-state index in [1.54, 1.807) is 6.92 Å². The van der Waals surface area contributed by atoms with Crippen molar-refractivity contribution in [2.45, 2.75) is 51.0 Å². The van der Waals surface area contributed by atoms with E-state index in [4.69, 9.17) is 9.26 Å². The van der Waals surface area contributed by atoms with Gasteiger partial charge in [-0.25, -0.2) is 0 Å². The van der Waals surface area contributed by atoms with Crippen molar-refractivity contribution >= 4 is 11.6 Å². The third-order valence-corrected chi connectivity index (χ3v) is 4.90. The summed E-state index contributed by atoms with van der Waals surface area (Å²) in [6, 6.07) is 4.15. The van der Waals surface area contributed by atoms with E-state index in [1.165, 1.54) is 25.3 Å². The molecule has 1 saturated carbocycles. The lowest BCUT2D eigenvalue weighted by atomic mass is 9.88. The van der Waals surface area contributed by atoms with Gasteiger partial charge < -0.3 is 14.6 Å². The number of aromatic nitrogens is 2. The van der Waals surface area contributed by atoms with Gasteiger partial charge in [0.05, 0.1) is 12.0 Å². The third kappa shape index (κ3) is 3.91. The Hall–Kier alpha value is -2.97. The van der Waals surface area contributed by atoms with Crippen molar-refractivity contribution < 1.29 is 19.0 Å². The second-order valence-corrected chi connectivity index (χ2v) is 6.73. The molecular formula is C18H22N4O5. The number of nitrogens with one attached hydrogen (secondary N) is 1. The van der Waals surface area contributed by atoms with Crippen LogP contribution in [-0.4, -0.2) is 28.1 Å². The number of methoxy groups -OCH3 is 1. The van der Waals surface area contributed by atoms with Crippen LogP contribution in [0.15, 0.2) is 22.7 Å². The Balaban J connectivity index is 1.93. The van der Waals surface area contributed by atoms with Gasteiger partial charge >= 0.3 is 5.69 Å². The predicted octanol–water partition coefficient (Wildman–Crippen LogP) is 3.27. The summed E-state index contributed by atoms with van der Waals surface area (Å²) in [4.78, 5) is 27.9. The van der Waals surface area contributed by atoms with Crippen LogP contribution in [0.3, 0.4) is 0 Å². The molecule has 0 unspecified atom stereocenters. The van der Waals surface area contributed by atoms with E-state index >= 15 is 0 Å². The molecule has 2 aromatic rings. The number of rotatable bonds is 5. The maximum Gasteiger partial charge on any atom is 0.311 e. The molecular weight excluding hydrogens is 352 g/mol. The van der Waals surface area contributed by atoms with E-state index in [-0.39, 0.29) is 17.0 Å². The number of nitrogens with zero attached hydrogens (tertiary/aromatic N) is 3. The second kappa shape index (κ2) is 7.73. The molecule has 9 nitrogen and oxygen atoms in total. The molecule has 0 spiro atoms. The van der Waals surface area contributed by atoms with Gasteiger partial charge in [-0.1, -0.05) is 30.8 Å². The number of hydrogen-bond acceptors (Lipinski definition) is 7. The molecule has 1 aliphatic carbocycles. The summed E-state index contributed by atoms with van der Waals surface area (Å²) in [6.45, 7) is 1.70. The fourth-order valence-electron chi connectivity index (χ4n) is 3.49. The Kier molecular flexibility index (Phi) is 5.38. The average Bonchev–Trinajstić information content (AvgIpc) is 2.96. The number of aryl methyl sites for hydroxylation is 1. The molecule has 1 heterocycles. The molecule has 3 rings (SSSR count). The van der Waals surface area contributed by atoms with Crippen LogP contribution in [-0.2, 0) is 5.54 Å². The second-order valence-electron chi connectivity index (χ2n) is 6.73. The van der Waals surface area contributed by atoms with E-state index in [0.29, 0.717) is 24.6 Å². The predicted molar refractivity (Wildman–Crippen MR) is 95.5 cm³/mol. The van der Waals surface area contributed by atoms with Gasteiger partial charge in [0, 0.05) is 18.6 Å². The minimum Gasteiger partial charge on any atom is -0.490 e. The molecule has 27 heavy (non-hydrogen) atoms. The van der Waals surface area contributed by atoms with Crippen molar-refractivity contribution in [1.29, 1.82) is 0 Å². The molecule has 0 atom stereocenters. The lowest BCUT2D eigenvalue weighted by Crippen LogP contribution is -2.46. The topological polar surface area (TPSA) is 120 Å². The highest BCUT2D eigenvalue weighted by Crippen LogP contribution is 2.35. The van der Waals surface area contributed by atoms with Crippen LogP contribution in [0, 0.1) is 17.0 Å². The standard InChI is InChI=1S/C18H22N4O5/c1-12-19-17(21-27-12)18(9-5-3-4-6-10-18)20-16(23)13-7-8-15(26-2)14(11-13)22(24)25/h7-8,11H,3-6,9-10H2,1-2H3,(H,20,23). The Morgan fingerprint density at radius 2 is 2.00 bits per heavy atom. The summed E-state index contributed by atoms with van der Waals surface area (Å²) in [5, 5.41) is 18.3. The average molecular weight is 374 g/mol. The Morgan fingerprint density at radius 1 is 1.30 bits per heavy atom. The van der Waals surface area contributed by atoms with Crippen molar-refractivity contribution in [1.82, 2.24) is 15.5 Å². The van der Waals surface area contributed by atoms with Gasteiger partial charge in [-0.3, -0.25) is 14.9 Å². The molecule has 1 aromatic carbocycles. The molecule has 0 aliphatic heterocycles. The van der Waals surface area contributed by atoms with Gasteiger partial charge in [0.25, 0.3) is 5.91 Å². The highest BCUT2D eigenvalue weighted by molar-refractivity contribution is 5.95. The number of benzene rings is 1. The van der Waals surface area contributed by atoms with Gasteiger partial charge in [-0.05, 0) is 25.0 Å². The van der Waals surface area contributed by atoms with Crippen LogP contribution in [0.4, 0.5) is 5.69 Å². The van der Waals surface area contributed by atoms with Gasteiger partial charge in [0.1, 0.15) is 5.54 Å². The molecule has 1 amide bonds. The van der Waals surface area contributed by atoms with Gasteiger partial charge in [-0.2, -0.15) is 4.98 Å². The zero-order valence-electron chi connectivity index (χ0n) is 15.4. The summed E-state index contributed by atoms with van der Waals surface area (Å²) in [7, 11) is 1.35. The van der Waals surface area contributed by atoms with Crippen LogP contribution in [0.25, 0.3) is 0 Å². The van der Waals surface area contributed by atoms with Gasteiger partial charge in [0.15, 0.2) is 11.6 Å². The van der Waals surface area contributed by atoms with Crippen LogP contribution in [0.5, 0.6) is 5.75 Å². The van der Waals surface area contributed by atoms with Crippen LogP contribution in [0.2, 0.25) is 0 Å². The highest BCUT2D eigenvalue weighted by atomic mass is 16.6. The number of ether oxygens (including phenoxy) is 1. The largest absolute Gasteiger partial charge is 0.490 e. The quantitative estimate of drug-likeness (QED) is 0.484. The Bertz CT molecular complexity index is 840. The zero-order chi connectivity index (χ0) is 19.4. The first-order valence-corrected chi connectivity index (χ1v) is 8.91. The third-order valence-electron chi connectivity index (χ3n) is 4.90. The fraction of sp³-hybridized carbons (Fsp3) is 0.500. The molecule has 9 heteroatoms. The lowest BCUT2D eigenvalue weighted by Gasteiger charge is -2.30. The number of carbonyl (C=O) groups is 1. The van der Waals surface area contributed by atoms with Crippen molar-refractivity contribution in [2.75, 3.05) is 7.11 Å². The molecule has 144 valence electrons. The summed E-state index contributed by atoms with van der Waals surface area (Å²) in [5.74, 6) is 0.584. The normalized spacial score (nSPS) is 16.4. The van der Waals surface area contributed by atoms with Crippen LogP contribution in [0.1, 0.15) is 60.6 Å². The van der Waals surface area contributed by atoms with Gasteiger partial charge in [-0.15, -0.1) is 0 Å². The van der Waals surface area contributed by atoms with E-state index in [0.717, 1.165) is 25.7 Å². The summed E-state index contributed by atoms with van der Waals surface area (Å²) < 4.78 is 10.1. The number of nitro benzene ring substituents is 1. The SMILES string of the molecule is COc1ccc(C(=O)NC2(c3noc(C)n3)CCCCCC2)cc1[N+](=O)[O-]. The molecule has 1 N–H and O–H groups in total. The molecule has 0 radical (unpaired) electrons. The first kappa shape index (κ1) is 18.8. The fourth-order valence-corrected chi connectivity index (χ4v) is 3.49. The summed E-state index contributed by atoms with van der Waals surface area (Å²) >= 11 is 0. The van der Waals surface area contributed by atoms with E-state index in [1.807, 2.05) is 0 Å². The van der Waals surface area contributed by atoms with Crippen LogP contribution < -0.4 is 10.1 Å². The Labute approximate surface area is 156 Å². The van der Waals surface area contributed by atoms with Crippen molar-refractivity contribution in [2.24, 2.45) is 0 Å². The van der Waals surface area contributed by atoms with E-state index in [9.17, 15) is 14.9 Å². The van der Waals surface area contributed by atoms with Crippen molar-refractivity contribution in [3.63, 3.8) is 0 Å². The number of carbonyl (C=O) groups excluding carboxylic acids is 1.